The standard InChI is InChI=1S/C19H19N5/c1-24-13-18(14-8-10-20-11-9-14)23-19(24)7-6-15-12-21-16-4-2-3-5-17(16)22-15/h2-4,8-13,17H,5-7H2,1H3. The van der Waals surface area contributed by atoms with Crippen molar-refractivity contribution < 1.29 is 0 Å². The number of pyridine rings is 1. The first-order chi connectivity index (χ1) is 11.8. The third-order valence-corrected chi connectivity index (χ3v) is 4.34. The van der Waals surface area contributed by atoms with Crippen LogP contribution in [0.3, 0.4) is 0 Å². The first-order valence-corrected chi connectivity index (χ1v) is 8.20. The van der Waals surface area contributed by atoms with E-state index in [9.17, 15) is 0 Å². The van der Waals surface area contributed by atoms with Crippen molar-refractivity contribution in [3.63, 3.8) is 0 Å². The van der Waals surface area contributed by atoms with Crippen LogP contribution in [-0.2, 0) is 13.5 Å². The number of fused-ring (bicyclic) bond motifs is 1. The number of hydrogen-bond donors (Lipinski definition) is 0. The summed E-state index contributed by atoms with van der Waals surface area (Å²) in [6, 6.07) is 4.16. The van der Waals surface area contributed by atoms with Gasteiger partial charge in [-0.3, -0.25) is 15.0 Å². The molecule has 3 heterocycles. The van der Waals surface area contributed by atoms with Crippen LogP contribution in [0.2, 0.25) is 0 Å². The highest BCUT2D eigenvalue weighted by Gasteiger charge is 2.18. The van der Waals surface area contributed by atoms with E-state index in [0.717, 1.165) is 47.8 Å². The van der Waals surface area contributed by atoms with Gasteiger partial charge in [0.25, 0.3) is 0 Å². The van der Waals surface area contributed by atoms with Gasteiger partial charge in [0.2, 0.25) is 0 Å². The first kappa shape index (κ1) is 14.8. The van der Waals surface area contributed by atoms with Crippen LogP contribution in [0.5, 0.6) is 0 Å². The van der Waals surface area contributed by atoms with Crippen molar-refractivity contribution in [1.29, 1.82) is 0 Å². The fraction of sp³-hybridized carbons (Fsp3) is 0.263. The topological polar surface area (TPSA) is 55.4 Å². The molecule has 1 atom stereocenters. The van der Waals surface area contributed by atoms with E-state index in [-0.39, 0.29) is 6.04 Å². The Morgan fingerprint density at radius 2 is 2.08 bits per heavy atom. The summed E-state index contributed by atoms with van der Waals surface area (Å²) < 4.78 is 2.09. The molecular formula is C19H19N5. The maximum absolute atomic E-state index is 4.82. The average Bonchev–Trinajstić information content (AvgIpc) is 3.01. The van der Waals surface area contributed by atoms with Crippen LogP contribution >= 0.6 is 0 Å². The minimum atomic E-state index is 0.198. The van der Waals surface area contributed by atoms with Crippen LogP contribution in [0.25, 0.3) is 11.3 Å². The zero-order chi connectivity index (χ0) is 16.4. The third kappa shape index (κ3) is 2.97. The fourth-order valence-corrected chi connectivity index (χ4v) is 3.00. The highest BCUT2D eigenvalue weighted by molar-refractivity contribution is 6.31. The number of imidazole rings is 1. The second kappa shape index (κ2) is 6.35. The maximum Gasteiger partial charge on any atom is 0.109 e. The summed E-state index contributed by atoms with van der Waals surface area (Å²) >= 11 is 0. The molecule has 0 N–H and O–H groups in total. The molecule has 0 bridgehead atoms. The van der Waals surface area contributed by atoms with E-state index < -0.39 is 0 Å². The SMILES string of the molecule is Cn1cc(-c2ccncc2)nc1CCC1=NC2CC=CC=C2N=C1. The van der Waals surface area contributed by atoms with E-state index in [1.54, 1.807) is 12.4 Å². The van der Waals surface area contributed by atoms with Gasteiger partial charge in [0.05, 0.1) is 23.1 Å². The van der Waals surface area contributed by atoms with Crippen LogP contribution in [0, 0.1) is 0 Å². The van der Waals surface area contributed by atoms with Gasteiger partial charge in [0, 0.05) is 43.8 Å². The molecule has 2 aromatic heterocycles. The first-order valence-electron chi connectivity index (χ1n) is 8.20. The molecule has 5 nitrogen and oxygen atoms in total. The molecule has 1 unspecified atom stereocenters. The Morgan fingerprint density at radius 1 is 1.21 bits per heavy atom. The Hall–Kier alpha value is -2.82. The number of rotatable bonds is 4. The van der Waals surface area contributed by atoms with E-state index in [1.165, 1.54) is 0 Å². The minimum absolute atomic E-state index is 0.198. The summed E-state index contributed by atoms with van der Waals surface area (Å²) in [5.41, 5.74) is 4.20. The molecule has 0 amide bonds. The second-order valence-electron chi connectivity index (χ2n) is 6.04. The average molecular weight is 317 g/mol. The van der Waals surface area contributed by atoms with Gasteiger partial charge in [-0.25, -0.2) is 4.98 Å². The van der Waals surface area contributed by atoms with E-state index in [2.05, 4.69) is 32.9 Å². The van der Waals surface area contributed by atoms with Crippen molar-refractivity contribution in [2.24, 2.45) is 17.0 Å². The molecular weight excluding hydrogens is 298 g/mol. The molecule has 0 radical (unpaired) electrons. The number of aromatic nitrogens is 3. The van der Waals surface area contributed by atoms with E-state index in [4.69, 9.17) is 9.98 Å². The lowest BCUT2D eigenvalue weighted by molar-refractivity contribution is 0.750. The molecule has 120 valence electrons. The highest BCUT2D eigenvalue weighted by atomic mass is 15.0. The maximum atomic E-state index is 4.82. The van der Waals surface area contributed by atoms with Crippen LogP contribution in [-0.4, -0.2) is 32.5 Å². The van der Waals surface area contributed by atoms with Crippen LogP contribution in [0.4, 0.5) is 0 Å². The summed E-state index contributed by atoms with van der Waals surface area (Å²) in [4.78, 5) is 18.2. The van der Waals surface area contributed by atoms with Gasteiger partial charge < -0.3 is 4.57 Å². The number of hydrogen-bond acceptors (Lipinski definition) is 4. The molecule has 0 spiro atoms. The highest BCUT2D eigenvalue weighted by Crippen LogP contribution is 2.22. The van der Waals surface area contributed by atoms with Crippen molar-refractivity contribution in [1.82, 2.24) is 14.5 Å². The molecule has 2 aliphatic rings. The lowest BCUT2D eigenvalue weighted by Gasteiger charge is -2.19. The van der Waals surface area contributed by atoms with E-state index in [0.29, 0.717) is 0 Å². The van der Waals surface area contributed by atoms with Gasteiger partial charge in [-0.05, 0) is 31.1 Å². The van der Waals surface area contributed by atoms with Gasteiger partial charge >= 0.3 is 0 Å². The van der Waals surface area contributed by atoms with Crippen molar-refractivity contribution in [3.05, 3.63) is 60.5 Å². The van der Waals surface area contributed by atoms with Crippen LogP contribution in [0.15, 0.2) is 64.6 Å². The number of nitrogens with zero attached hydrogens (tertiary/aromatic N) is 5. The largest absolute Gasteiger partial charge is 0.337 e. The molecule has 1 aliphatic carbocycles. The van der Waals surface area contributed by atoms with Gasteiger partial charge in [0.15, 0.2) is 0 Å². The normalized spacial score (nSPS) is 19.0. The third-order valence-electron chi connectivity index (χ3n) is 4.34. The number of allylic oxidation sites excluding steroid dienone is 2. The second-order valence-corrected chi connectivity index (χ2v) is 6.04. The van der Waals surface area contributed by atoms with E-state index in [1.807, 2.05) is 31.5 Å². The number of aryl methyl sites for hydroxylation is 2. The Labute approximate surface area is 141 Å². The van der Waals surface area contributed by atoms with Crippen molar-refractivity contribution in [3.8, 4) is 11.3 Å². The molecule has 4 rings (SSSR count). The van der Waals surface area contributed by atoms with Crippen LogP contribution in [0.1, 0.15) is 18.7 Å². The molecule has 5 heteroatoms. The molecule has 1 aliphatic heterocycles. The summed E-state index contributed by atoms with van der Waals surface area (Å²) in [6.07, 6.45) is 16.5. The predicted molar refractivity (Wildman–Crippen MR) is 96.3 cm³/mol. The Bertz CT molecular complexity index is 855. The Morgan fingerprint density at radius 3 is 2.96 bits per heavy atom. The van der Waals surface area contributed by atoms with Gasteiger partial charge in [-0.15, -0.1) is 0 Å². The van der Waals surface area contributed by atoms with Gasteiger partial charge in [-0.1, -0.05) is 12.2 Å². The molecule has 0 saturated carbocycles. The quantitative estimate of drug-likeness (QED) is 0.870. The van der Waals surface area contributed by atoms with Crippen molar-refractivity contribution in [2.45, 2.75) is 25.3 Å². The van der Waals surface area contributed by atoms with E-state index >= 15 is 0 Å². The molecule has 0 aromatic carbocycles. The van der Waals surface area contributed by atoms with Gasteiger partial charge in [-0.2, -0.15) is 0 Å². The molecule has 24 heavy (non-hydrogen) atoms. The minimum Gasteiger partial charge on any atom is -0.337 e. The summed E-state index contributed by atoms with van der Waals surface area (Å²) in [5, 5.41) is 0. The zero-order valence-corrected chi connectivity index (χ0v) is 13.6. The lowest BCUT2D eigenvalue weighted by atomic mass is 10.0. The van der Waals surface area contributed by atoms with Crippen molar-refractivity contribution in [2.75, 3.05) is 0 Å². The Balaban J connectivity index is 1.46. The smallest absolute Gasteiger partial charge is 0.109 e. The Kier molecular flexibility index (Phi) is 3.91. The van der Waals surface area contributed by atoms with Crippen molar-refractivity contribution >= 4 is 11.9 Å². The predicted octanol–water partition coefficient (Wildman–Crippen LogP) is 3.15. The summed E-state index contributed by atoms with van der Waals surface area (Å²) in [6.45, 7) is 0. The molecule has 0 saturated heterocycles. The monoisotopic (exact) mass is 317 g/mol. The molecule has 2 aromatic rings. The molecule has 0 fully saturated rings. The summed E-state index contributed by atoms with van der Waals surface area (Å²) in [7, 11) is 2.04. The zero-order valence-electron chi connectivity index (χ0n) is 13.6. The number of aliphatic imine (C=N–C) groups is 2. The lowest BCUT2D eigenvalue weighted by Crippen LogP contribution is -2.19. The fourth-order valence-electron chi connectivity index (χ4n) is 3.00. The van der Waals surface area contributed by atoms with Gasteiger partial charge in [0.1, 0.15) is 5.82 Å². The summed E-state index contributed by atoms with van der Waals surface area (Å²) in [5.74, 6) is 1.06. The van der Waals surface area contributed by atoms with Crippen LogP contribution < -0.4 is 0 Å².